The number of pyridine rings is 1. The van der Waals surface area contributed by atoms with Crippen molar-refractivity contribution >= 4 is 35.2 Å². The van der Waals surface area contributed by atoms with E-state index in [0.717, 1.165) is 12.3 Å². The monoisotopic (exact) mass is 478 g/mol. The Hall–Kier alpha value is -2.56. The van der Waals surface area contributed by atoms with E-state index in [4.69, 9.17) is 16.3 Å². The van der Waals surface area contributed by atoms with Gasteiger partial charge in [-0.15, -0.1) is 0 Å². The third-order valence-corrected chi connectivity index (χ3v) is 5.09. The number of carbonyl (C=O) groups is 3. The molecule has 0 spiro atoms. The molecule has 1 aromatic rings. The number of amides is 2. The number of nitrogens with one attached hydrogen (secondary N) is 1. The summed E-state index contributed by atoms with van der Waals surface area (Å²) >= 11 is 5.97. The molecular weight excluding hydrogens is 453 g/mol. The Morgan fingerprint density at radius 2 is 1.88 bits per heavy atom. The molecular formula is C20H26ClF3N4O4. The highest BCUT2D eigenvalue weighted by Gasteiger charge is 2.32. The van der Waals surface area contributed by atoms with Crippen LogP contribution in [0.1, 0.15) is 32.3 Å². The summed E-state index contributed by atoms with van der Waals surface area (Å²) in [4.78, 5) is 42.6. The molecule has 1 fully saturated rings. The van der Waals surface area contributed by atoms with Crippen molar-refractivity contribution in [2.24, 2.45) is 5.92 Å². The Kier molecular flexibility index (Phi) is 9.11. The lowest BCUT2D eigenvalue weighted by atomic mass is 10.1. The van der Waals surface area contributed by atoms with Gasteiger partial charge in [-0.3, -0.25) is 14.4 Å². The van der Waals surface area contributed by atoms with Crippen molar-refractivity contribution in [3.8, 4) is 0 Å². The number of ether oxygens (including phenoxy) is 1. The Balaban J connectivity index is 1.75. The first kappa shape index (κ1) is 25.7. The Morgan fingerprint density at radius 1 is 1.22 bits per heavy atom. The maximum atomic E-state index is 12.7. The van der Waals surface area contributed by atoms with E-state index in [0.29, 0.717) is 31.8 Å². The van der Waals surface area contributed by atoms with E-state index in [1.165, 1.54) is 4.90 Å². The van der Waals surface area contributed by atoms with Crippen LogP contribution in [0, 0.1) is 5.92 Å². The molecule has 1 aliphatic rings. The lowest BCUT2D eigenvalue weighted by Crippen LogP contribution is -2.50. The van der Waals surface area contributed by atoms with Crippen LogP contribution in [0.25, 0.3) is 0 Å². The number of carbonyl (C=O) groups excluding carboxylic acids is 3. The van der Waals surface area contributed by atoms with E-state index in [1.54, 1.807) is 4.90 Å². The molecule has 2 rings (SSSR count). The number of hydrogen-bond donors (Lipinski definition) is 1. The molecule has 1 saturated heterocycles. The van der Waals surface area contributed by atoms with E-state index in [-0.39, 0.29) is 36.4 Å². The highest BCUT2D eigenvalue weighted by Crippen LogP contribution is 2.33. The fourth-order valence-corrected chi connectivity index (χ4v) is 3.24. The van der Waals surface area contributed by atoms with Crippen LogP contribution in [-0.2, 0) is 25.3 Å². The molecule has 8 nitrogen and oxygen atoms in total. The first-order chi connectivity index (χ1) is 15.0. The van der Waals surface area contributed by atoms with E-state index in [9.17, 15) is 27.6 Å². The number of esters is 1. The summed E-state index contributed by atoms with van der Waals surface area (Å²) in [7, 11) is 0. The van der Waals surface area contributed by atoms with Gasteiger partial charge < -0.3 is 19.9 Å². The van der Waals surface area contributed by atoms with Gasteiger partial charge in [-0.2, -0.15) is 13.2 Å². The van der Waals surface area contributed by atoms with Crippen LogP contribution in [0.5, 0.6) is 0 Å². The number of piperazine rings is 1. The van der Waals surface area contributed by atoms with Crippen LogP contribution in [0.15, 0.2) is 12.3 Å². The summed E-state index contributed by atoms with van der Waals surface area (Å²) in [5.41, 5.74) is -0.932. The van der Waals surface area contributed by atoms with Crippen molar-refractivity contribution in [2.75, 3.05) is 44.2 Å². The molecule has 1 aromatic heterocycles. The lowest BCUT2D eigenvalue weighted by Gasteiger charge is -2.35. The van der Waals surface area contributed by atoms with Crippen molar-refractivity contribution in [2.45, 2.75) is 32.9 Å². The molecule has 12 heteroatoms. The van der Waals surface area contributed by atoms with Gasteiger partial charge in [0.2, 0.25) is 5.91 Å². The standard InChI is InChI=1S/C20H26ClF3N4O4/c1-13(2)3-4-16(29)25-11-18(31)32-12-17(30)27-5-7-28(8-6-27)19-15(21)9-14(10-26-19)20(22,23)24/h9-10,13H,3-8,11-12H2,1-2H3,(H,25,29). The predicted molar refractivity (Wildman–Crippen MR) is 111 cm³/mol. The van der Waals surface area contributed by atoms with Gasteiger partial charge in [-0.25, -0.2) is 4.98 Å². The number of anilines is 1. The van der Waals surface area contributed by atoms with Crippen LogP contribution < -0.4 is 10.2 Å². The van der Waals surface area contributed by atoms with Crippen LogP contribution in [0.4, 0.5) is 19.0 Å². The molecule has 0 aliphatic carbocycles. The average Bonchev–Trinajstić information content (AvgIpc) is 2.74. The fraction of sp³-hybridized carbons (Fsp3) is 0.600. The molecule has 178 valence electrons. The van der Waals surface area contributed by atoms with Crippen molar-refractivity contribution in [1.29, 1.82) is 0 Å². The minimum Gasteiger partial charge on any atom is -0.454 e. The van der Waals surface area contributed by atoms with Crippen LogP contribution in [0.3, 0.4) is 0 Å². The second kappa shape index (κ2) is 11.3. The molecule has 32 heavy (non-hydrogen) atoms. The maximum absolute atomic E-state index is 12.7. The first-order valence-electron chi connectivity index (χ1n) is 10.1. The van der Waals surface area contributed by atoms with Crippen molar-refractivity contribution in [3.05, 3.63) is 22.8 Å². The van der Waals surface area contributed by atoms with Crippen molar-refractivity contribution in [1.82, 2.24) is 15.2 Å². The van der Waals surface area contributed by atoms with Gasteiger partial charge in [-0.1, -0.05) is 25.4 Å². The second-order valence-electron chi connectivity index (χ2n) is 7.76. The number of hydrogen-bond acceptors (Lipinski definition) is 6. The molecule has 1 N–H and O–H groups in total. The summed E-state index contributed by atoms with van der Waals surface area (Å²) in [6, 6.07) is 0.822. The number of alkyl halides is 3. The number of halogens is 4. The van der Waals surface area contributed by atoms with Crippen LogP contribution in [-0.4, -0.2) is 67.0 Å². The zero-order chi connectivity index (χ0) is 23.9. The number of nitrogens with zero attached hydrogens (tertiary/aromatic N) is 3. The van der Waals surface area contributed by atoms with E-state index in [2.05, 4.69) is 10.3 Å². The average molecular weight is 479 g/mol. The quantitative estimate of drug-likeness (QED) is 0.577. The molecule has 0 radical (unpaired) electrons. The molecule has 0 atom stereocenters. The van der Waals surface area contributed by atoms with E-state index < -0.39 is 30.2 Å². The second-order valence-corrected chi connectivity index (χ2v) is 8.17. The predicted octanol–water partition coefficient (Wildman–Crippen LogP) is 2.50. The largest absolute Gasteiger partial charge is 0.454 e. The lowest BCUT2D eigenvalue weighted by molar-refractivity contribution is -0.151. The van der Waals surface area contributed by atoms with Crippen LogP contribution in [0.2, 0.25) is 5.02 Å². The minimum absolute atomic E-state index is 0.121. The smallest absolute Gasteiger partial charge is 0.417 e. The van der Waals surface area contributed by atoms with E-state index in [1.807, 2.05) is 13.8 Å². The third-order valence-electron chi connectivity index (χ3n) is 4.82. The summed E-state index contributed by atoms with van der Waals surface area (Å²) in [6.45, 7) is 4.36. The Labute approximate surface area is 189 Å². The van der Waals surface area contributed by atoms with Gasteiger partial charge >= 0.3 is 12.1 Å². The molecule has 0 aromatic carbocycles. The molecule has 0 saturated carbocycles. The van der Waals surface area contributed by atoms with Gasteiger partial charge in [0, 0.05) is 38.8 Å². The zero-order valence-electron chi connectivity index (χ0n) is 17.9. The van der Waals surface area contributed by atoms with Gasteiger partial charge in [0.15, 0.2) is 6.61 Å². The number of aromatic nitrogens is 1. The molecule has 2 heterocycles. The van der Waals surface area contributed by atoms with Gasteiger partial charge in [0.1, 0.15) is 12.4 Å². The van der Waals surface area contributed by atoms with Crippen LogP contribution >= 0.6 is 11.6 Å². The molecule has 0 unspecified atom stereocenters. The van der Waals surface area contributed by atoms with Crippen molar-refractivity contribution in [3.63, 3.8) is 0 Å². The Bertz CT molecular complexity index is 828. The normalized spacial score (nSPS) is 14.5. The summed E-state index contributed by atoms with van der Waals surface area (Å²) < 4.78 is 43.2. The summed E-state index contributed by atoms with van der Waals surface area (Å²) in [6.07, 6.45) is -2.79. The minimum atomic E-state index is -4.53. The van der Waals surface area contributed by atoms with Gasteiger partial charge in [0.05, 0.1) is 10.6 Å². The third kappa shape index (κ3) is 7.85. The zero-order valence-corrected chi connectivity index (χ0v) is 18.6. The first-order valence-corrected chi connectivity index (χ1v) is 10.5. The summed E-state index contributed by atoms with van der Waals surface area (Å²) in [5.74, 6) is -0.789. The SMILES string of the molecule is CC(C)CCC(=O)NCC(=O)OCC(=O)N1CCN(c2ncc(C(F)(F)F)cc2Cl)CC1. The highest BCUT2D eigenvalue weighted by atomic mass is 35.5. The summed E-state index contributed by atoms with van der Waals surface area (Å²) in [5, 5.41) is 2.33. The molecule has 1 aliphatic heterocycles. The van der Waals surface area contributed by atoms with Gasteiger partial charge in [-0.05, 0) is 18.4 Å². The Morgan fingerprint density at radius 3 is 2.44 bits per heavy atom. The van der Waals surface area contributed by atoms with E-state index >= 15 is 0 Å². The molecule has 0 bridgehead atoms. The number of rotatable bonds is 8. The molecule has 2 amide bonds. The van der Waals surface area contributed by atoms with Gasteiger partial charge in [0.25, 0.3) is 5.91 Å². The van der Waals surface area contributed by atoms with Crippen molar-refractivity contribution < 1.29 is 32.3 Å². The topological polar surface area (TPSA) is 91.8 Å². The highest BCUT2D eigenvalue weighted by molar-refractivity contribution is 6.33. The fourth-order valence-electron chi connectivity index (χ4n) is 2.95. The maximum Gasteiger partial charge on any atom is 0.417 e.